The van der Waals surface area contributed by atoms with Gasteiger partial charge >= 0.3 is 6.18 Å². The Balaban J connectivity index is 2.45. The molecule has 0 amide bonds. The molecule has 0 radical (unpaired) electrons. The van der Waals surface area contributed by atoms with Crippen molar-refractivity contribution in [3.63, 3.8) is 0 Å². The number of benzene rings is 2. The van der Waals surface area contributed by atoms with Crippen LogP contribution in [0.15, 0.2) is 36.4 Å². The maximum Gasteiger partial charge on any atom is 0.419 e. The highest BCUT2D eigenvalue weighted by Crippen LogP contribution is 2.32. The molecule has 0 N–H and O–H groups in total. The van der Waals surface area contributed by atoms with Crippen LogP contribution in [-0.2, 0) is 6.18 Å². The summed E-state index contributed by atoms with van der Waals surface area (Å²) in [6.07, 6.45) is -4.83. The van der Waals surface area contributed by atoms with Crippen molar-refractivity contribution in [2.45, 2.75) is 13.1 Å². The zero-order chi connectivity index (χ0) is 15.8. The Labute approximate surface area is 117 Å². The van der Waals surface area contributed by atoms with Crippen LogP contribution in [0.1, 0.15) is 27.0 Å². The molecular weight excluding hydrogens is 291 g/mol. The highest BCUT2D eigenvalue weighted by Gasteiger charge is 2.34. The van der Waals surface area contributed by atoms with E-state index in [-0.39, 0.29) is 11.1 Å². The van der Waals surface area contributed by atoms with E-state index in [1.807, 2.05) is 0 Å². The summed E-state index contributed by atoms with van der Waals surface area (Å²) in [4.78, 5) is 12.1. The van der Waals surface area contributed by atoms with Gasteiger partial charge in [-0.05, 0) is 36.8 Å². The van der Waals surface area contributed by atoms with Crippen molar-refractivity contribution in [3.8, 4) is 0 Å². The lowest BCUT2D eigenvalue weighted by molar-refractivity contribution is -0.140. The minimum absolute atomic E-state index is 0.0193. The van der Waals surface area contributed by atoms with Crippen LogP contribution in [0.2, 0.25) is 0 Å². The zero-order valence-electron chi connectivity index (χ0n) is 10.8. The maximum atomic E-state index is 13.5. The Bertz CT molecular complexity index is 704. The summed E-state index contributed by atoms with van der Waals surface area (Å²) in [6.45, 7) is 1.55. The molecule has 0 unspecified atom stereocenters. The van der Waals surface area contributed by atoms with E-state index in [0.29, 0.717) is 17.7 Å². The Morgan fingerprint density at radius 1 is 1.00 bits per heavy atom. The summed E-state index contributed by atoms with van der Waals surface area (Å²) in [5.74, 6) is -2.93. The summed E-state index contributed by atoms with van der Waals surface area (Å²) in [5.41, 5.74) is -1.29. The Morgan fingerprint density at radius 2 is 1.67 bits per heavy atom. The number of hydrogen-bond acceptors (Lipinski definition) is 1. The standard InChI is InChI=1S/C15H9F5O/c1-8-2-4-10(16)7-11(8)14(21)9-3-5-12(13(17)6-9)15(18,19)20/h2-7H,1H3. The number of carbonyl (C=O) groups excluding carboxylic acids is 1. The van der Waals surface area contributed by atoms with Crippen LogP contribution in [0.5, 0.6) is 0 Å². The number of rotatable bonds is 2. The van der Waals surface area contributed by atoms with Gasteiger partial charge in [-0.2, -0.15) is 13.2 Å². The largest absolute Gasteiger partial charge is 0.419 e. The van der Waals surface area contributed by atoms with Crippen molar-refractivity contribution in [3.05, 3.63) is 70.3 Å². The monoisotopic (exact) mass is 300 g/mol. The van der Waals surface area contributed by atoms with Crippen LogP contribution < -0.4 is 0 Å². The van der Waals surface area contributed by atoms with Crippen molar-refractivity contribution in [2.75, 3.05) is 0 Å². The predicted molar refractivity (Wildman–Crippen MR) is 66.0 cm³/mol. The molecule has 0 aromatic heterocycles. The van der Waals surface area contributed by atoms with Gasteiger partial charge in [0.2, 0.25) is 0 Å². The fraction of sp³-hybridized carbons (Fsp3) is 0.133. The first-order valence-electron chi connectivity index (χ1n) is 5.88. The third kappa shape index (κ3) is 3.09. The second kappa shape index (κ2) is 5.27. The average Bonchev–Trinajstić information content (AvgIpc) is 2.39. The van der Waals surface area contributed by atoms with Gasteiger partial charge < -0.3 is 0 Å². The predicted octanol–water partition coefficient (Wildman–Crippen LogP) is 4.52. The molecule has 21 heavy (non-hydrogen) atoms. The van der Waals surface area contributed by atoms with Gasteiger partial charge in [0.25, 0.3) is 0 Å². The molecule has 0 aliphatic rings. The smallest absolute Gasteiger partial charge is 0.289 e. The second-order valence-electron chi connectivity index (χ2n) is 4.48. The highest BCUT2D eigenvalue weighted by molar-refractivity contribution is 6.09. The quantitative estimate of drug-likeness (QED) is 0.588. The van der Waals surface area contributed by atoms with Gasteiger partial charge in [0.1, 0.15) is 11.6 Å². The normalized spacial score (nSPS) is 11.5. The summed E-state index contributed by atoms with van der Waals surface area (Å²) < 4.78 is 63.9. The van der Waals surface area contributed by atoms with Gasteiger partial charge in [0.15, 0.2) is 5.78 Å². The molecule has 2 rings (SSSR count). The highest BCUT2D eigenvalue weighted by atomic mass is 19.4. The summed E-state index contributed by atoms with van der Waals surface area (Å²) in [5, 5.41) is 0. The molecule has 1 nitrogen and oxygen atoms in total. The van der Waals surface area contributed by atoms with Crippen molar-refractivity contribution in [1.82, 2.24) is 0 Å². The fourth-order valence-electron chi connectivity index (χ4n) is 1.88. The van der Waals surface area contributed by atoms with Gasteiger partial charge in [-0.1, -0.05) is 12.1 Å². The van der Waals surface area contributed by atoms with Gasteiger partial charge in [-0.3, -0.25) is 4.79 Å². The molecule has 0 atom stereocenters. The molecule has 0 bridgehead atoms. The third-order valence-corrected chi connectivity index (χ3v) is 2.98. The first-order valence-corrected chi connectivity index (χ1v) is 5.88. The molecule has 2 aromatic carbocycles. The molecule has 0 heterocycles. The summed E-state index contributed by atoms with van der Waals surface area (Å²) in [7, 11) is 0. The average molecular weight is 300 g/mol. The summed E-state index contributed by atoms with van der Waals surface area (Å²) in [6, 6.07) is 5.36. The minimum Gasteiger partial charge on any atom is -0.289 e. The van der Waals surface area contributed by atoms with Crippen molar-refractivity contribution >= 4 is 5.78 Å². The van der Waals surface area contributed by atoms with Crippen molar-refractivity contribution in [2.24, 2.45) is 0 Å². The van der Waals surface area contributed by atoms with E-state index in [2.05, 4.69) is 0 Å². The fourth-order valence-corrected chi connectivity index (χ4v) is 1.88. The molecule has 0 spiro atoms. The lowest BCUT2D eigenvalue weighted by atomic mass is 9.98. The minimum atomic E-state index is -4.83. The number of halogens is 5. The number of alkyl halides is 3. The molecular formula is C15H9F5O. The maximum absolute atomic E-state index is 13.5. The Hall–Kier alpha value is -2.24. The Kier molecular flexibility index (Phi) is 3.80. The third-order valence-electron chi connectivity index (χ3n) is 2.98. The molecule has 2 aromatic rings. The lowest BCUT2D eigenvalue weighted by Crippen LogP contribution is -2.10. The lowest BCUT2D eigenvalue weighted by Gasteiger charge is -2.10. The topological polar surface area (TPSA) is 17.1 Å². The van der Waals surface area contributed by atoms with Crippen molar-refractivity contribution < 1.29 is 26.7 Å². The molecule has 0 aliphatic heterocycles. The number of carbonyl (C=O) groups is 1. The van der Waals surface area contributed by atoms with Crippen LogP contribution in [0, 0.1) is 18.6 Å². The van der Waals surface area contributed by atoms with Gasteiger partial charge in [-0.25, -0.2) is 8.78 Å². The van der Waals surface area contributed by atoms with Crippen LogP contribution >= 0.6 is 0 Å². The molecule has 0 saturated carbocycles. The molecule has 0 saturated heterocycles. The number of aryl methyl sites for hydroxylation is 1. The molecule has 110 valence electrons. The summed E-state index contributed by atoms with van der Waals surface area (Å²) >= 11 is 0. The molecule has 0 fully saturated rings. The molecule has 0 aliphatic carbocycles. The SMILES string of the molecule is Cc1ccc(F)cc1C(=O)c1ccc(C(F)(F)F)c(F)c1. The van der Waals surface area contributed by atoms with Gasteiger partial charge in [-0.15, -0.1) is 0 Å². The Morgan fingerprint density at radius 3 is 2.24 bits per heavy atom. The van der Waals surface area contributed by atoms with Crippen molar-refractivity contribution in [1.29, 1.82) is 0 Å². The van der Waals surface area contributed by atoms with Gasteiger partial charge in [0.05, 0.1) is 5.56 Å². The zero-order valence-corrected chi connectivity index (χ0v) is 10.8. The van der Waals surface area contributed by atoms with E-state index in [9.17, 15) is 26.7 Å². The van der Waals surface area contributed by atoms with Crippen LogP contribution in [-0.4, -0.2) is 5.78 Å². The van der Waals surface area contributed by atoms with Crippen LogP contribution in [0.4, 0.5) is 22.0 Å². The number of hydrogen-bond donors (Lipinski definition) is 0. The van der Waals surface area contributed by atoms with E-state index in [0.717, 1.165) is 18.2 Å². The van der Waals surface area contributed by atoms with Crippen LogP contribution in [0.25, 0.3) is 0 Å². The van der Waals surface area contributed by atoms with E-state index in [4.69, 9.17) is 0 Å². The first-order chi connectivity index (χ1) is 9.70. The van der Waals surface area contributed by atoms with Crippen LogP contribution in [0.3, 0.4) is 0 Å². The van der Waals surface area contributed by atoms with E-state index in [1.54, 1.807) is 6.92 Å². The number of ketones is 1. The van der Waals surface area contributed by atoms with E-state index >= 15 is 0 Å². The molecule has 6 heteroatoms. The van der Waals surface area contributed by atoms with E-state index in [1.165, 1.54) is 6.07 Å². The first kappa shape index (κ1) is 15.2. The van der Waals surface area contributed by atoms with Gasteiger partial charge in [0, 0.05) is 11.1 Å². The van der Waals surface area contributed by atoms with E-state index < -0.39 is 29.2 Å². The second-order valence-corrected chi connectivity index (χ2v) is 4.48.